The SMILES string of the molecule is CC(C)N(Cc1cccc(N)c1)C(=O)N1CCOCC1. The second-order valence-corrected chi connectivity index (χ2v) is 5.35. The van der Waals surface area contributed by atoms with Gasteiger partial charge in [-0.2, -0.15) is 0 Å². The molecule has 0 atom stereocenters. The Morgan fingerprint density at radius 3 is 2.70 bits per heavy atom. The Labute approximate surface area is 120 Å². The molecule has 1 aliphatic heterocycles. The Morgan fingerprint density at radius 2 is 2.10 bits per heavy atom. The Balaban J connectivity index is 2.08. The van der Waals surface area contributed by atoms with E-state index >= 15 is 0 Å². The van der Waals surface area contributed by atoms with E-state index in [-0.39, 0.29) is 12.1 Å². The van der Waals surface area contributed by atoms with E-state index in [9.17, 15) is 4.79 Å². The number of ether oxygens (including phenoxy) is 1. The molecule has 5 heteroatoms. The molecule has 1 aromatic carbocycles. The number of rotatable bonds is 3. The van der Waals surface area contributed by atoms with Crippen molar-refractivity contribution in [3.8, 4) is 0 Å². The summed E-state index contributed by atoms with van der Waals surface area (Å²) in [5, 5.41) is 0. The molecular formula is C15H23N3O2. The average molecular weight is 277 g/mol. The highest BCUT2D eigenvalue weighted by Crippen LogP contribution is 2.14. The molecule has 1 heterocycles. The summed E-state index contributed by atoms with van der Waals surface area (Å²) < 4.78 is 5.30. The number of anilines is 1. The lowest BCUT2D eigenvalue weighted by Crippen LogP contribution is -2.50. The van der Waals surface area contributed by atoms with E-state index in [4.69, 9.17) is 10.5 Å². The van der Waals surface area contributed by atoms with Crippen LogP contribution in [0.1, 0.15) is 19.4 Å². The molecule has 1 aliphatic rings. The first-order valence-electron chi connectivity index (χ1n) is 7.05. The third-order valence-corrected chi connectivity index (χ3v) is 3.45. The predicted molar refractivity (Wildman–Crippen MR) is 79.3 cm³/mol. The molecular weight excluding hydrogens is 254 g/mol. The second-order valence-electron chi connectivity index (χ2n) is 5.35. The van der Waals surface area contributed by atoms with E-state index in [0.717, 1.165) is 11.3 Å². The number of carbonyl (C=O) groups is 1. The third-order valence-electron chi connectivity index (χ3n) is 3.45. The van der Waals surface area contributed by atoms with Crippen LogP contribution in [0.5, 0.6) is 0 Å². The average Bonchev–Trinajstić information content (AvgIpc) is 2.45. The smallest absolute Gasteiger partial charge is 0.320 e. The van der Waals surface area contributed by atoms with E-state index in [0.29, 0.717) is 32.8 Å². The van der Waals surface area contributed by atoms with Gasteiger partial charge in [0.15, 0.2) is 0 Å². The summed E-state index contributed by atoms with van der Waals surface area (Å²) >= 11 is 0. The van der Waals surface area contributed by atoms with Crippen LogP contribution in [-0.2, 0) is 11.3 Å². The molecule has 0 radical (unpaired) electrons. The normalized spacial score (nSPS) is 15.4. The second kappa shape index (κ2) is 6.61. The lowest BCUT2D eigenvalue weighted by molar-refractivity contribution is 0.0397. The molecule has 0 unspecified atom stereocenters. The van der Waals surface area contributed by atoms with Crippen molar-refractivity contribution >= 4 is 11.7 Å². The molecule has 0 spiro atoms. The summed E-state index contributed by atoms with van der Waals surface area (Å²) in [6.45, 7) is 7.22. The maximum atomic E-state index is 12.6. The molecule has 5 nitrogen and oxygen atoms in total. The minimum absolute atomic E-state index is 0.0747. The van der Waals surface area contributed by atoms with Crippen molar-refractivity contribution in [3.05, 3.63) is 29.8 Å². The number of hydrogen-bond donors (Lipinski definition) is 1. The zero-order valence-corrected chi connectivity index (χ0v) is 12.2. The first-order valence-corrected chi connectivity index (χ1v) is 7.05. The number of nitrogens with zero attached hydrogens (tertiary/aromatic N) is 2. The van der Waals surface area contributed by atoms with Gasteiger partial charge in [0.05, 0.1) is 13.2 Å². The van der Waals surface area contributed by atoms with Crippen LogP contribution < -0.4 is 5.73 Å². The number of nitrogens with two attached hydrogens (primary N) is 1. The molecule has 2 amide bonds. The van der Waals surface area contributed by atoms with Crippen LogP contribution in [0.2, 0.25) is 0 Å². The Morgan fingerprint density at radius 1 is 1.40 bits per heavy atom. The summed E-state index contributed by atoms with van der Waals surface area (Å²) in [7, 11) is 0. The molecule has 2 rings (SSSR count). The predicted octanol–water partition coefficient (Wildman–Crippen LogP) is 1.93. The topological polar surface area (TPSA) is 58.8 Å². The van der Waals surface area contributed by atoms with E-state index in [1.165, 1.54) is 0 Å². The van der Waals surface area contributed by atoms with Crippen LogP contribution in [0.4, 0.5) is 10.5 Å². The van der Waals surface area contributed by atoms with Gasteiger partial charge in [-0.3, -0.25) is 0 Å². The van der Waals surface area contributed by atoms with Crippen molar-refractivity contribution in [2.75, 3.05) is 32.0 Å². The number of amides is 2. The number of benzene rings is 1. The van der Waals surface area contributed by atoms with Crippen LogP contribution in [0.3, 0.4) is 0 Å². The molecule has 0 aliphatic carbocycles. The van der Waals surface area contributed by atoms with Crippen molar-refractivity contribution in [2.45, 2.75) is 26.4 Å². The third kappa shape index (κ3) is 3.63. The van der Waals surface area contributed by atoms with E-state index < -0.39 is 0 Å². The molecule has 1 fully saturated rings. The molecule has 0 saturated carbocycles. The van der Waals surface area contributed by atoms with Crippen LogP contribution in [0, 0.1) is 0 Å². The molecule has 110 valence electrons. The fourth-order valence-electron chi connectivity index (χ4n) is 2.30. The summed E-state index contributed by atoms with van der Waals surface area (Å²) in [5.74, 6) is 0. The van der Waals surface area contributed by atoms with E-state index in [2.05, 4.69) is 0 Å². The Kier molecular flexibility index (Phi) is 4.84. The fraction of sp³-hybridized carbons (Fsp3) is 0.533. The van der Waals surface area contributed by atoms with Gasteiger partial charge >= 0.3 is 6.03 Å². The molecule has 2 N–H and O–H groups in total. The highest BCUT2D eigenvalue weighted by molar-refractivity contribution is 5.75. The number of nitrogen functional groups attached to an aromatic ring is 1. The Hall–Kier alpha value is -1.75. The van der Waals surface area contributed by atoms with Gasteiger partial charge in [-0.05, 0) is 31.5 Å². The van der Waals surface area contributed by atoms with Gasteiger partial charge in [0.1, 0.15) is 0 Å². The van der Waals surface area contributed by atoms with Crippen molar-refractivity contribution in [1.82, 2.24) is 9.80 Å². The van der Waals surface area contributed by atoms with Gasteiger partial charge in [0, 0.05) is 31.4 Å². The highest BCUT2D eigenvalue weighted by atomic mass is 16.5. The molecule has 1 aromatic rings. The molecule has 0 aromatic heterocycles. The number of hydrogen-bond acceptors (Lipinski definition) is 3. The summed E-state index contributed by atoms with van der Waals surface area (Å²) in [6, 6.07) is 7.91. The van der Waals surface area contributed by atoms with Gasteiger partial charge in [-0.1, -0.05) is 12.1 Å². The molecule has 0 bridgehead atoms. The molecule has 20 heavy (non-hydrogen) atoms. The minimum Gasteiger partial charge on any atom is -0.399 e. The maximum absolute atomic E-state index is 12.6. The van der Waals surface area contributed by atoms with E-state index in [1.807, 2.05) is 47.9 Å². The van der Waals surface area contributed by atoms with Gasteiger partial charge in [-0.25, -0.2) is 4.79 Å². The van der Waals surface area contributed by atoms with Crippen molar-refractivity contribution in [2.24, 2.45) is 0 Å². The van der Waals surface area contributed by atoms with Gasteiger partial charge in [0.2, 0.25) is 0 Å². The van der Waals surface area contributed by atoms with E-state index in [1.54, 1.807) is 0 Å². The summed E-state index contributed by atoms with van der Waals surface area (Å²) in [4.78, 5) is 16.3. The minimum atomic E-state index is 0.0747. The first-order chi connectivity index (χ1) is 9.58. The number of urea groups is 1. The number of carbonyl (C=O) groups excluding carboxylic acids is 1. The van der Waals surface area contributed by atoms with Crippen molar-refractivity contribution < 1.29 is 9.53 Å². The quantitative estimate of drug-likeness (QED) is 0.859. The largest absolute Gasteiger partial charge is 0.399 e. The number of morpholine rings is 1. The van der Waals surface area contributed by atoms with Crippen LogP contribution in [0.25, 0.3) is 0 Å². The first kappa shape index (κ1) is 14.7. The summed E-state index contributed by atoms with van der Waals surface area (Å²) in [6.07, 6.45) is 0. The van der Waals surface area contributed by atoms with Crippen molar-refractivity contribution in [3.63, 3.8) is 0 Å². The lowest BCUT2D eigenvalue weighted by Gasteiger charge is -2.35. The fourth-order valence-corrected chi connectivity index (χ4v) is 2.30. The standard InChI is InChI=1S/C15H23N3O2/c1-12(2)18(11-13-4-3-5-14(16)10-13)15(19)17-6-8-20-9-7-17/h3-5,10,12H,6-9,11,16H2,1-2H3. The molecule has 1 saturated heterocycles. The van der Waals surface area contributed by atoms with Crippen LogP contribution in [0.15, 0.2) is 24.3 Å². The van der Waals surface area contributed by atoms with Gasteiger partial charge in [0.25, 0.3) is 0 Å². The highest BCUT2D eigenvalue weighted by Gasteiger charge is 2.24. The van der Waals surface area contributed by atoms with Gasteiger partial charge in [-0.15, -0.1) is 0 Å². The zero-order valence-electron chi connectivity index (χ0n) is 12.2. The Bertz CT molecular complexity index is 456. The zero-order chi connectivity index (χ0) is 14.5. The summed E-state index contributed by atoms with van der Waals surface area (Å²) in [5.41, 5.74) is 7.58. The van der Waals surface area contributed by atoms with Crippen LogP contribution in [-0.4, -0.2) is 48.2 Å². The van der Waals surface area contributed by atoms with Crippen molar-refractivity contribution in [1.29, 1.82) is 0 Å². The van der Waals surface area contributed by atoms with Gasteiger partial charge < -0.3 is 20.3 Å². The van der Waals surface area contributed by atoms with Crippen LogP contribution >= 0.6 is 0 Å². The monoisotopic (exact) mass is 277 g/mol. The lowest BCUT2D eigenvalue weighted by atomic mass is 10.1. The maximum Gasteiger partial charge on any atom is 0.320 e.